The molecule has 98 valence electrons. The van der Waals surface area contributed by atoms with Gasteiger partial charge in [0, 0.05) is 23.9 Å². The topological polar surface area (TPSA) is 64.4 Å². The van der Waals surface area contributed by atoms with Crippen LogP contribution in [0.1, 0.15) is 12.8 Å². The average Bonchev–Trinajstić information content (AvgIpc) is 2.39. The molecule has 0 aromatic heterocycles. The number of hydrogen-bond acceptors (Lipinski definition) is 5. The summed E-state index contributed by atoms with van der Waals surface area (Å²) in [5.41, 5.74) is 0.819. The molecular weight excluding hydrogens is 252 g/mol. The van der Waals surface area contributed by atoms with Gasteiger partial charge < -0.3 is 10.1 Å². The van der Waals surface area contributed by atoms with E-state index in [1.807, 2.05) is 11.8 Å². The Morgan fingerprint density at radius 2 is 2.11 bits per heavy atom. The van der Waals surface area contributed by atoms with Crippen LogP contribution in [-0.2, 0) is 0 Å². The van der Waals surface area contributed by atoms with Gasteiger partial charge in [-0.2, -0.15) is 11.8 Å². The van der Waals surface area contributed by atoms with Crippen molar-refractivity contribution < 1.29 is 9.66 Å². The van der Waals surface area contributed by atoms with Crippen LogP contribution in [-0.4, -0.2) is 29.6 Å². The van der Waals surface area contributed by atoms with Gasteiger partial charge in [-0.3, -0.25) is 10.1 Å². The zero-order valence-electron chi connectivity index (χ0n) is 10.2. The summed E-state index contributed by atoms with van der Waals surface area (Å²) < 4.78 is 5.09. The van der Waals surface area contributed by atoms with Crippen LogP contribution < -0.4 is 10.1 Å². The number of nitrogens with one attached hydrogen (secondary N) is 1. The summed E-state index contributed by atoms with van der Waals surface area (Å²) in [5, 5.41) is 14.2. The molecule has 1 aromatic rings. The first-order valence-electron chi connectivity index (χ1n) is 5.87. The van der Waals surface area contributed by atoms with Gasteiger partial charge in [0.05, 0.1) is 18.1 Å². The van der Waals surface area contributed by atoms with Crippen molar-refractivity contribution in [3.63, 3.8) is 0 Å². The first kappa shape index (κ1) is 13.0. The van der Waals surface area contributed by atoms with Crippen molar-refractivity contribution in [1.29, 1.82) is 0 Å². The smallest absolute Gasteiger partial charge is 0.275 e. The number of nitro benzene ring substituents is 1. The van der Waals surface area contributed by atoms with E-state index < -0.39 is 4.92 Å². The molecule has 1 aliphatic rings. The van der Waals surface area contributed by atoms with Gasteiger partial charge in [0.25, 0.3) is 5.69 Å². The fraction of sp³-hybridized carbons (Fsp3) is 0.500. The quantitative estimate of drug-likeness (QED) is 0.672. The SMILES string of the molecule is COc1cc(NC2CCSCC2)cc([N+](=O)[O-])c1. The molecule has 2 rings (SSSR count). The molecule has 1 saturated heterocycles. The molecule has 1 N–H and O–H groups in total. The fourth-order valence-corrected chi connectivity index (χ4v) is 3.07. The summed E-state index contributed by atoms with van der Waals surface area (Å²) in [6, 6.07) is 5.19. The highest BCUT2D eigenvalue weighted by molar-refractivity contribution is 7.99. The number of benzene rings is 1. The normalized spacial score (nSPS) is 16.3. The molecule has 1 fully saturated rings. The number of thioether (sulfide) groups is 1. The van der Waals surface area contributed by atoms with E-state index in [0.717, 1.165) is 30.0 Å². The highest BCUT2D eigenvalue weighted by Gasteiger charge is 2.16. The summed E-state index contributed by atoms with van der Waals surface area (Å²) in [4.78, 5) is 10.4. The number of nitrogens with zero attached hydrogens (tertiary/aromatic N) is 1. The summed E-state index contributed by atoms with van der Waals surface area (Å²) in [5.74, 6) is 2.80. The van der Waals surface area contributed by atoms with Crippen molar-refractivity contribution in [3.05, 3.63) is 28.3 Å². The standard InChI is InChI=1S/C12H16N2O3S/c1-17-12-7-10(6-11(8-12)14(15)16)13-9-2-4-18-5-3-9/h6-9,13H,2-5H2,1H3. The first-order chi connectivity index (χ1) is 8.69. The lowest BCUT2D eigenvalue weighted by Crippen LogP contribution is -2.24. The van der Waals surface area contributed by atoms with Crippen LogP contribution in [0.25, 0.3) is 0 Å². The van der Waals surface area contributed by atoms with Gasteiger partial charge >= 0.3 is 0 Å². The highest BCUT2D eigenvalue weighted by Crippen LogP contribution is 2.28. The van der Waals surface area contributed by atoms with E-state index >= 15 is 0 Å². The number of ether oxygens (including phenoxy) is 1. The minimum absolute atomic E-state index is 0.0574. The predicted molar refractivity (Wildman–Crippen MR) is 73.6 cm³/mol. The molecule has 0 aliphatic carbocycles. The Labute approximate surface area is 110 Å². The largest absolute Gasteiger partial charge is 0.496 e. The van der Waals surface area contributed by atoms with Gasteiger partial charge in [-0.25, -0.2) is 0 Å². The maximum absolute atomic E-state index is 10.8. The molecule has 1 heterocycles. The van der Waals surface area contributed by atoms with Gasteiger partial charge in [-0.1, -0.05) is 0 Å². The lowest BCUT2D eigenvalue weighted by Gasteiger charge is -2.23. The van der Waals surface area contributed by atoms with Crippen LogP contribution in [0.4, 0.5) is 11.4 Å². The molecule has 0 unspecified atom stereocenters. The minimum Gasteiger partial charge on any atom is -0.496 e. The number of methoxy groups -OCH3 is 1. The van der Waals surface area contributed by atoms with Gasteiger partial charge in [0.1, 0.15) is 5.75 Å². The molecule has 5 nitrogen and oxygen atoms in total. The summed E-state index contributed by atoms with van der Waals surface area (Å²) >= 11 is 1.95. The lowest BCUT2D eigenvalue weighted by molar-refractivity contribution is -0.384. The maximum Gasteiger partial charge on any atom is 0.275 e. The van der Waals surface area contributed by atoms with E-state index in [-0.39, 0.29) is 5.69 Å². The summed E-state index contributed by atoms with van der Waals surface area (Å²) in [6.45, 7) is 0. The second kappa shape index (κ2) is 5.95. The predicted octanol–water partition coefficient (Wildman–Crippen LogP) is 2.91. The number of rotatable bonds is 4. The maximum atomic E-state index is 10.8. The molecule has 0 atom stereocenters. The fourth-order valence-electron chi connectivity index (χ4n) is 1.97. The number of anilines is 1. The zero-order valence-corrected chi connectivity index (χ0v) is 11.0. The van der Waals surface area contributed by atoms with Gasteiger partial charge in [-0.05, 0) is 24.3 Å². The van der Waals surface area contributed by atoms with Crippen molar-refractivity contribution >= 4 is 23.1 Å². The Morgan fingerprint density at radius 3 is 2.72 bits per heavy atom. The van der Waals surface area contributed by atoms with Crippen LogP contribution in [0.2, 0.25) is 0 Å². The van der Waals surface area contributed by atoms with Crippen LogP contribution >= 0.6 is 11.8 Å². The van der Waals surface area contributed by atoms with Crippen molar-refractivity contribution in [1.82, 2.24) is 0 Å². The van der Waals surface area contributed by atoms with Crippen LogP contribution in [0.3, 0.4) is 0 Å². The lowest BCUT2D eigenvalue weighted by atomic mass is 10.1. The van der Waals surface area contributed by atoms with Crippen molar-refractivity contribution in [3.8, 4) is 5.75 Å². The van der Waals surface area contributed by atoms with Crippen molar-refractivity contribution in [2.45, 2.75) is 18.9 Å². The third-order valence-electron chi connectivity index (χ3n) is 2.93. The van der Waals surface area contributed by atoms with E-state index in [1.54, 1.807) is 12.1 Å². The molecule has 18 heavy (non-hydrogen) atoms. The van der Waals surface area contributed by atoms with Gasteiger partial charge in [-0.15, -0.1) is 0 Å². The molecule has 0 spiro atoms. The Hall–Kier alpha value is -1.43. The summed E-state index contributed by atoms with van der Waals surface area (Å²) in [6.07, 6.45) is 2.19. The third kappa shape index (κ3) is 3.29. The molecular formula is C12H16N2O3S. The molecule has 1 aliphatic heterocycles. The van der Waals surface area contributed by atoms with E-state index in [2.05, 4.69) is 5.32 Å². The highest BCUT2D eigenvalue weighted by atomic mass is 32.2. The number of non-ortho nitro benzene ring substituents is 1. The van der Waals surface area contributed by atoms with Crippen LogP contribution in [0.5, 0.6) is 5.75 Å². The Balaban J connectivity index is 2.15. The molecule has 6 heteroatoms. The van der Waals surface area contributed by atoms with Crippen molar-refractivity contribution in [2.24, 2.45) is 0 Å². The third-order valence-corrected chi connectivity index (χ3v) is 3.98. The molecule has 0 bridgehead atoms. The van der Waals surface area contributed by atoms with Crippen molar-refractivity contribution in [2.75, 3.05) is 23.9 Å². The minimum atomic E-state index is -0.398. The second-order valence-electron chi connectivity index (χ2n) is 4.21. The molecule has 0 saturated carbocycles. The number of hydrogen-bond donors (Lipinski definition) is 1. The van der Waals surface area contributed by atoms with E-state index in [4.69, 9.17) is 4.74 Å². The average molecular weight is 268 g/mol. The zero-order chi connectivity index (χ0) is 13.0. The van der Waals surface area contributed by atoms with Gasteiger partial charge in [0.2, 0.25) is 0 Å². The van der Waals surface area contributed by atoms with E-state index in [9.17, 15) is 10.1 Å². The second-order valence-corrected chi connectivity index (χ2v) is 5.43. The van der Waals surface area contributed by atoms with Crippen LogP contribution in [0.15, 0.2) is 18.2 Å². The number of nitro groups is 1. The Bertz CT molecular complexity index is 433. The van der Waals surface area contributed by atoms with Gasteiger partial charge in [0.15, 0.2) is 0 Å². The molecule has 0 amide bonds. The Morgan fingerprint density at radius 1 is 1.39 bits per heavy atom. The first-order valence-corrected chi connectivity index (χ1v) is 7.02. The Kier molecular flexibility index (Phi) is 4.30. The monoisotopic (exact) mass is 268 g/mol. The molecule has 0 radical (unpaired) electrons. The molecule has 1 aromatic carbocycles. The van der Waals surface area contributed by atoms with E-state index in [1.165, 1.54) is 13.2 Å². The van der Waals surface area contributed by atoms with E-state index in [0.29, 0.717) is 11.8 Å². The van der Waals surface area contributed by atoms with Crippen LogP contribution in [0, 0.1) is 10.1 Å². The summed E-state index contributed by atoms with van der Waals surface area (Å²) in [7, 11) is 1.51.